The molecule has 0 atom stereocenters. The molecule has 1 aromatic rings. The zero-order chi connectivity index (χ0) is 10.6. The van der Waals surface area contributed by atoms with Crippen molar-refractivity contribution in [2.45, 2.75) is 5.88 Å². The maximum atomic E-state index is 11.2. The van der Waals surface area contributed by atoms with Crippen LogP contribution in [0.2, 0.25) is 0 Å². The van der Waals surface area contributed by atoms with E-state index in [9.17, 15) is 4.79 Å². The summed E-state index contributed by atoms with van der Waals surface area (Å²) in [4.78, 5) is 11.2. The number of anilines is 1. The van der Waals surface area contributed by atoms with Gasteiger partial charge in [0.2, 0.25) is 0 Å². The van der Waals surface area contributed by atoms with Gasteiger partial charge in [-0.3, -0.25) is 5.84 Å². The Morgan fingerprint density at radius 1 is 1.64 bits per heavy atom. The van der Waals surface area contributed by atoms with Crippen LogP contribution in [0.5, 0.6) is 0 Å². The number of hydrazine groups is 1. The average Bonchev–Trinajstić information content (AvgIpc) is 2.26. The largest absolute Gasteiger partial charge is 0.465 e. The zero-order valence-corrected chi connectivity index (χ0v) is 8.47. The van der Waals surface area contributed by atoms with Gasteiger partial charge in [0.15, 0.2) is 0 Å². The number of nitrogens with two attached hydrogens (primary N) is 1. The van der Waals surface area contributed by atoms with E-state index in [1.807, 2.05) is 0 Å². The molecule has 0 unspecified atom stereocenters. The summed E-state index contributed by atoms with van der Waals surface area (Å²) in [6.45, 7) is 0. The second-order valence-corrected chi connectivity index (χ2v) is 2.91. The van der Waals surface area contributed by atoms with Gasteiger partial charge in [-0.25, -0.2) is 4.79 Å². The highest BCUT2D eigenvalue weighted by molar-refractivity contribution is 6.17. The number of carbonyl (C=O) groups excluding carboxylic acids is 1. The van der Waals surface area contributed by atoms with Crippen LogP contribution in [0.15, 0.2) is 18.2 Å². The number of hydrogen-bond acceptors (Lipinski definition) is 4. The molecule has 5 heteroatoms. The molecular formula is C9H11ClN2O2. The lowest BCUT2D eigenvalue weighted by Gasteiger charge is -2.07. The lowest BCUT2D eigenvalue weighted by atomic mass is 10.1. The SMILES string of the molecule is COC(=O)c1ccc(NN)c(CCl)c1. The highest BCUT2D eigenvalue weighted by atomic mass is 35.5. The molecule has 0 saturated carbocycles. The van der Waals surface area contributed by atoms with Crippen molar-refractivity contribution in [3.05, 3.63) is 29.3 Å². The Morgan fingerprint density at radius 2 is 2.36 bits per heavy atom. The number of methoxy groups -OCH3 is 1. The number of benzene rings is 1. The second-order valence-electron chi connectivity index (χ2n) is 2.64. The molecule has 0 aliphatic rings. The monoisotopic (exact) mass is 214 g/mol. The van der Waals surface area contributed by atoms with E-state index in [4.69, 9.17) is 17.4 Å². The van der Waals surface area contributed by atoms with Crippen molar-refractivity contribution in [3.8, 4) is 0 Å². The lowest BCUT2D eigenvalue weighted by Crippen LogP contribution is -2.10. The molecule has 0 radical (unpaired) electrons. The molecule has 0 spiro atoms. The Balaban J connectivity index is 3.07. The van der Waals surface area contributed by atoms with E-state index in [1.165, 1.54) is 7.11 Å². The van der Waals surface area contributed by atoms with Crippen molar-refractivity contribution in [2.24, 2.45) is 5.84 Å². The van der Waals surface area contributed by atoms with Gasteiger partial charge >= 0.3 is 5.97 Å². The molecule has 0 amide bonds. The highest BCUT2D eigenvalue weighted by Gasteiger charge is 2.08. The minimum absolute atomic E-state index is 0.282. The number of nitrogen functional groups attached to an aromatic ring is 1. The first kappa shape index (κ1) is 10.8. The Labute approximate surface area is 87.0 Å². The fraction of sp³-hybridized carbons (Fsp3) is 0.222. The minimum Gasteiger partial charge on any atom is -0.465 e. The number of rotatable bonds is 3. The number of halogens is 1. The summed E-state index contributed by atoms with van der Waals surface area (Å²) in [5, 5.41) is 0. The summed E-state index contributed by atoms with van der Waals surface area (Å²) in [7, 11) is 1.33. The predicted molar refractivity (Wildman–Crippen MR) is 55.1 cm³/mol. The van der Waals surface area contributed by atoms with E-state index in [0.717, 1.165) is 5.56 Å². The maximum Gasteiger partial charge on any atom is 0.337 e. The van der Waals surface area contributed by atoms with Gasteiger partial charge in [0.05, 0.1) is 18.4 Å². The molecule has 0 aliphatic carbocycles. The number of ether oxygens (including phenoxy) is 1. The fourth-order valence-electron chi connectivity index (χ4n) is 1.09. The molecule has 1 rings (SSSR count). The fourth-order valence-corrected chi connectivity index (χ4v) is 1.31. The van der Waals surface area contributed by atoms with Gasteiger partial charge in [-0.1, -0.05) is 0 Å². The van der Waals surface area contributed by atoms with Gasteiger partial charge in [0.25, 0.3) is 0 Å². The van der Waals surface area contributed by atoms with Gasteiger partial charge in [-0.15, -0.1) is 11.6 Å². The van der Waals surface area contributed by atoms with Crippen molar-refractivity contribution < 1.29 is 9.53 Å². The molecular weight excluding hydrogens is 204 g/mol. The lowest BCUT2D eigenvalue weighted by molar-refractivity contribution is 0.0600. The third kappa shape index (κ3) is 2.16. The average molecular weight is 215 g/mol. The molecule has 0 fully saturated rings. The first-order valence-electron chi connectivity index (χ1n) is 3.96. The van der Waals surface area contributed by atoms with E-state index in [-0.39, 0.29) is 11.8 Å². The zero-order valence-electron chi connectivity index (χ0n) is 7.71. The van der Waals surface area contributed by atoms with Crippen LogP contribution >= 0.6 is 11.6 Å². The van der Waals surface area contributed by atoms with Gasteiger partial charge < -0.3 is 10.2 Å². The van der Waals surface area contributed by atoms with Gasteiger partial charge in [-0.2, -0.15) is 0 Å². The van der Waals surface area contributed by atoms with Crippen molar-refractivity contribution in [1.82, 2.24) is 0 Å². The van der Waals surface area contributed by atoms with Gasteiger partial charge in [0.1, 0.15) is 0 Å². The van der Waals surface area contributed by atoms with Crippen LogP contribution in [0, 0.1) is 0 Å². The maximum absolute atomic E-state index is 11.2. The van der Waals surface area contributed by atoms with Crippen LogP contribution < -0.4 is 11.3 Å². The second kappa shape index (κ2) is 4.83. The number of nitrogens with one attached hydrogen (secondary N) is 1. The molecule has 1 aromatic carbocycles. The van der Waals surface area contributed by atoms with Crippen LogP contribution in [-0.4, -0.2) is 13.1 Å². The van der Waals surface area contributed by atoms with Crippen molar-refractivity contribution in [3.63, 3.8) is 0 Å². The number of alkyl halides is 1. The molecule has 0 bridgehead atoms. The van der Waals surface area contributed by atoms with Crippen LogP contribution in [0.25, 0.3) is 0 Å². The van der Waals surface area contributed by atoms with Crippen molar-refractivity contribution in [2.75, 3.05) is 12.5 Å². The standard InChI is InChI=1S/C9H11ClN2O2/c1-14-9(13)6-2-3-8(12-11)7(4-6)5-10/h2-4,12H,5,11H2,1H3. The van der Waals surface area contributed by atoms with Crippen LogP contribution in [-0.2, 0) is 10.6 Å². The summed E-state index contributed by atoms with van der Waals surface area (Å²) < 4.78 is 4.58. The molecule has 14 heavy (non-hydrogen) atoms. The van der Waals surface area contributed by atoms with Crippen molar-refractivity contribution >= 4 is 23.3 Å². The molecule has 0 heterocycles. The van der Waals surface area contributed by atoms with Crippen LogP contribution in [0.1, 0.15) is 15.9 Å². The minimum atomic E-state index is -0.389. The topological polar surface area (TPSA) is 64.3 Å². The molecule has 0 aromatic heterocycles. The molecule has 4 nitrogen and oxygen atoms in total. The smallest absolute Gasteiger partial charge is 0.337 e. The Hall–Kier alpha value is -1.26. The highest BCUT2D eigenvalue weighted by Crippen LogP contribution is 2.18. The molecule has 76 valence electrons. The summed E-state index contributed by atoms with van der Waals surface area (Å²) in [6.07, 6.45) is 0. The van der Waals surface area contributed by atoms with Crippen LogP contribution in [0.3, 0.4) is 0 Å². The van der Waals surface area contributed by atoms with Gasteiger partial charge in [0, 0.05) is 5.88 Å². The predicted octanol–water partition coefficient (Wildman–Crippen LogP) is 1.50. The normalized spacial score (nSPS) is 9.64. The summed E-state index contributed by atoms with van der Waals surface area (Å²) in [6, 6.07) is 4.95. The van der Waals surface area contributed by atoms with E-state index in [2.05, 4.69) is 10.2 Å². The summed E-state index contributed by atoms with van der Waals surface area (Å²) >= 11 is 5.68. The third-order valence-corrected chi connectivity index (χ3v) is 2.11. The third-order valence-electron chi connectivity index (χ3n) is 1.83. The molecule has 0 aliphatic heterocycles. The van der Waals surface area contributed by atoms with Crippen molar-refractivity contribution in [1.29, 1.82) is 0 Å². The summed E-state index contributed by atoms with van der Waals surface area (Å²) in [5.74, 6) is 5.15. The number of carbonyl (C=O) groups is 1. The number of hydrogen-bond donors (Lipinski definition) is 2. The van der Waals surface area contributed by atoms with E-state index < -0.39 is 0 Å². The Bertz CT molecular complexity index is 342. The Kier molecular flexibility index (Phi) is 3.73. The van der Waals surface area contributed by atoms with E-state index in [0.29, 0.717) is 11.3 Å². The molecule has 3 N–H and O–H groups in total. The quantitative estimate of drug-likeness (QED) is 0.346. The first-order chi connectivity index (χ1) is 6.72. The summed E-state index contributed by atoms with van der Waals surface area (Å²) in [5.41, 5.74) is 4.42. The van der Waals surface area contributed by atoms with Gasteiger partial charge in [-0.05, 0) is 23.8 Å². The number of esters is 1. The van der Waals surface area contributed by atoms with E-state index in [1.54, 1.807) is 18.2 Å². The first-order valence-corrected chi connectivity index (χ1v) is 4.50. The Morgan fingerprint density at radius 3 is 2.86 bits per heavy atom. The molecule has 0 saturated heterocycles. The van der Waals surface area contributed by atoms with Crippen LogP contribution in [0.4, 0.5) is 5.69 Å². The van der Waals surface area contributed by atoms with E-state index >= 15 is 0 Å².